The molecule has 0 aliphatic heterocycles. The number of nitrogens with one attached hydrogen (secondary N) is 1. The van der Waals surface area contributed by atoms with Crippen LogP contribution < -0.4 is 4.72 Å². The van der Waals surface area contributed by atoms with Crippen molar-refractivity contribution in [1.82, 2.24) is 9.71 Å². The number of benzene rings is 2. The highest BCUT2D eigenvalue weighted by molar-refractivity contribution is 7.90. The van der Waals surface area contributed by atoms with Crippen molar-refractivity contribution < 1.29 is 13.2 Å². The lowest BCUT2D eigenvalue weighted by Crippen LogP contribution is -2.43. The van der Waals surface area contributed by atoms with Gasteiger partial charge in [0.15, 0.2) is 0 Å². The van der Waals surface area contributed by atoms with Gasteiger partial charge in [0.1, 0.15) is 4.90 Å². The molecule has 0 spiro atoms. The first-order valence-electron chi connectivity index (χ1n) is 8.86. The maximum Gasteiger partial charge on any atom is 0.266 e. The number of amides is 1. The zero-order valence-electron chi connectivity index (χ0n) is 15.9. The maximum atomic E-state index is 13.0. The second kappa shape index (κ2) is 7.53. The van der Waals surface area contributed by atoms with E-state index in [-0.39, 0.29) is 15.4 Å². The van der Waals surface area contributed by atoms with Crippen LogP contribution in [0.3, 0.4) is 0 Å². The average molecular weight is 417 g/mol. The molecular formula is C21H21ClN2O3S. The summed E-state index contributed by atoms with van der Waals surface area (Å²) in [7, 11) is -4.16. The second-order valence-electron chi connectivity index (χ2n) is 7.09. The Balaban J connectivity index is 1.97. The number of nitrogens with zero attached hydrogens (tertiary/aromatic N) is 1. The molecule has 0 aliphatic rings. The van der Waals surface area contributed by atoms with Crippen molar-refractivity contribution >= 4 is 38.4 Å². The molecule has 0 saturated heterocycles. The summed E-state index contributed by atoms with van der Waals surface area (Å²) in [5, 5.41) is 0.833. The van der Waals surface area contributed by atoms with Gasteiger partial charge in [-0.25, -0.2) is 13.1 Å². The van der Waals surface area contributed by atoms with Crippen molar-refractivity contribution in [2.75, 3.05) is 0 Å². The number of carbonyl (C=O) groups excluding carboxylic acids is 1. The number of hydrogen-bond acceptors (Lipinski definition) is 4. The minimum Gasteiger partial charge on any atom is -0.273 e. The number of aryl methyl sites for hydroxylation is 1. The van der Waals surface area contributed by atoms with E-state index in [1.54, 1.807) is 32.0 Å². The van der Waals surface area contributed by atoms with E-state index in [2.05, 4.69) is 9.71 Å². The molecule has 0 aliphatic carbocycles. The number of halogens is 1. The molecule has 3 rings (SSSR count). The van der Waals surface area contributed by atoms with E-state index in [4.69, 9.17) is 11.6 Å². The monoisotopic (exact) mass is 416 g/mol. The van der Waals surface area contributed by atoms with Crippen molar-refractivity contribution in [2.45, 2.75) is 37.5 Å². The van der Waals surface area contributed by atoms with Crippen LogP contribution in [0, 0.1) is 0 Å². The van der Waals surface area contributed by atoms with Crippen molar-refractivity contribution in [3.63, 3.8) is 0 Å². The molecule has 28 heavy (non-hydrogen) atoms. The fourth-order valence-corrected chi connectivity index (χ4v) is 4.53. The van der Waals surface area contributed by atoms with E-state index in [0.29, 0.717) is 5.39 Å². The Bertz CT molecular complexity index is 1140. The largest absolute Gasteiger partial charge is 0.273 e. The normalized spacial score (nSPS) is 12.1. The zero-order valence-corrected chi connectivity index (χ0v) is 17.4. The summed E-state index contributed by atoms with van der Waals surface area (Å²) >= 11 is 6.08. The first kappa shape index (κ1) is 20.3. The minimum absolute atomic E-state index is 0.124. The minimum atomic E-state index is -4.16. The van der Waals surface area contributed by atoms with Gasteiger partial charge < -0.3 is 0 Å². The number of rotatable bonds is 5. The van der Waals surface area contributed by atoms with Crippen LogP contribution in [0.5, 0.6) is 0 Å². The van der Waals surface area contributed by atoms with E-state index < -0.39 is 21.3 Å². The lowest BCUT2D eigenvalue weighted by Gasteiger charge is -2.24. The molecule has 1 amide bonds. The Kier molecular flexibility index (Phi) is 5.46. The quantitative estimate of drug-likeness (QED) is 0.675. The first-order valence-corrected chi connectivity index (χ1v) is 10.7. The van der Waals surface area contributed by atoms with Gasteiger partial charge in [-0.05, 0) is 49.6 Å². The first-order chi connectivity index (χ1) is 13.1. The number of aromatic nitrogens is 1. The molecule has 1 heterocycles. The molecule has 1 N–H and O–H groups in total. The SMILES string of the molecule is CCc1ccc(C(C)(C)C(=O)NS(=O)(=O)c2cc(Cl)cc3cccnc23)cc1. The summed E-state index contributed by atoms with van der Waals surface area (Å²) < 4.78 is 28.1. The third-order valence-electron chi connectivity index (χ3n) is 4.80. The highest BCUT2D eigenvalue weighted by Gasteiger charge is 2.34. The maximum absolute atomic E-state index is 13.0. The fraction of sp³-hybridized carbons (Fsp3) is 0.238. The van der Waals surface area contributed by atoms with Crippen molar-refractivity contribution in [1.29, 1.82) is 0 Å². The van der Waals surface area contributed by atoms with Crippen LogP contribution >= 0.6 is 11.6 Å². The van der Waals surface area contributed by atoms with Gasteiger partial charge in [0.05, 0.1) is 10.9 Å². The fourth-order valence-electron chi connectivity index (χ4n) is 2.92. The van der Waals surface area contributed by atoms with Crippen LogP contribution in [-0.2, 0) is 26.7 Å². The van der Waals surface area contributed by atoms with Crippen LogP contribution in [-0.4, -0.2) is 19.3 Å². The highest BCUT2D eigenvalue weighted by Crippen LogP contribution is 2.28. The Hall–Kier alpha value is -2.44. The number of carbonyl (C=O) groups is 1. The summed E-state index contributed by atoms with van der Waals surface area (Å²) in [6.45, 7) is 5.42. The number of fused-ring (bicyclic) bond motifs is 1. The van der Waals surface area contributed by atoms with Crippen LogP contribution in [0.1, 0.15) is 31.9 Å². The number of pyridine rings is 1. The smallest absolute Gasteiger partial charge is 0.266 e. The number of hydrogen-bond donors (Lipinski definition) is 1. The molecular weight excluding hydrogens is 396 g/mol. The molecule has 0 unspecified atom stereocenters. The van der Waals surface area contributed by atoms with E-state index in [1.165, 1.54) is 12.3 Å². The zero-order chi connectivity index (χ0) is 20.5. The highest BCUT2D eigenvalue weighted by atomic mass is 35.5. The molecule has 146 valence electrons. The van der Waals surface area contributed by atoms with Gasteiger partial charge >= 0.3 is 0 Å². The molecule has 2 aromatic carbocycles. The Labute approximate surface area is 169 Å². The topological polar surface area (TPSA) is 76.1 Å². The number of sulfonamides is 1. The summed E-state index contributed by atoms with van der Waals surface area (Å²) in [5.74, 6) is -0.624. The van der Waals surface area contributed by atoms with Gasteiger partial charge in [-0.1, -0.05) is 48.9 Å². The lowest BCUT2D eigenvalue weighted by molar-refractivity contribution is -0.123. The van der Waals surface area contributed by atoms with E-state index in [9.17, 15) is 13.2 Å². The van der Waals surface area contributed by atoms with E-state index in [1.807, 2.05) is 31.2 Å². The molecule has 7 heteroatoms. The molecule has 1 aromatic heterocycles. The van der Waals surface area contributed by atoms with Gasteiger partial charge in [0, 0.05) is 16.6 Å². The Morgan fingerprint density at radius 2 is 1.82 bits per heavy atom. The predicted octanol–water partition coefficient (Wildman–Crippen LogP) is 4.23. The predicted molar refractivity (Wildman–Crippen MR) is 111 cm³/mol. The van der Waals surface area contributed by atoms with E-state index >= 15 is 0 Å². The van der Waals surface area contributed by atoms with Crippen LogP contribution in [0.15, 0.2) is 59.6 Å². The van der Waals surface area contributed by atoms with Crippen LogP contribution in [0.2, 0.25) is 5.02 Å². The second-order valence-corrected chi connectivity index (χ2v) is 9.18. The summed E-state index contributed by atoms with van der Waals surface area (Å²) in [4.78, 5) is 16.9. The van der Waals surface area contributed by atoms with Gasteiger partial charge in [0.25, 0.3) is 10.0 Å². The average Bonchev–Trinajstić information content (AvgIpc) is 2.66. The van der Waals surface area contributed by atoms with Gasteiger partial charge in [-0.3, -0.25) is 9.78 Å². The van der Waals surface area contributed by atoms with Gasteiger partial charge in [-0.15, -0.1) is 0 Å². The van der Waals surface area contributed by atoms with Crippen molar-refractivity contribution in [2.24, 2.45) is 0 Å². The lowest BCUT2D eigenvalue weighted by atomic mass is 9.83. The third-order valence-corrected chi connectivity index (χ3v) is 6.37. The van der Waals surface area contributed by atoms with Gasteiger partial charge in [0.2, 0.25) is 5.91 Å². The molecule has 0 radical (unpaired) electrons. The molecule has 0 bridgehead atoms. The molecule has 0 saturated carbocycles. The van der Waals surface area contributed by atoms with Crippen molar-refractivity contribution in [3.8, 4) is 0 Å². The Morgan fingerprint density at radius 1 is 1.14 bits per heavy atom. The summed E-state index contributed by atoms with van der Waals surface area (Å²) in [6, 6.07) is 13.9. The van der Waals surface area contributed by atoms with Gasteiger partial charge in [-0.2, -0.15) is 0 Å². The third kappa shape index (κ3) is 3.88. The molecule has 0 fully saturated rings. The van der Waals surface area contributed by atoms with Crippen LogP contribution in [0.25, 0.3) is 10.9 Å². The molecule has 3 aromatic rings. The Morgan fingerprint density at radius 3 is 2.46 bits per heavy atom. The van der Waals surface area contributed by atoms with Crippen LogP contribution in [0.4, 0.5) is 0 Å². The van der Waals surface area contributed by atoms with Crippen molar-refractivity contribution in [3.05, 3.63) is 70.9 Å². The van der Waals surface area contributed by atoms with E-state index in [0.717, 1.165) is 17.5 Å². The molecule has 5 nitrogen and oxygen atoms in total. The molecule has 0 atom stereocenters. The summed E-state index contributed by atoms with van der Waals surface area (Å²) in [6.07, 6.45) is 2.38. The summed E-state index contributed by atoms with van der Waals surface area (Å²) in [5.41, 5.74) is 1.09. The standard InChI is InChI=1S/C21H21ClN2O3S/c1-4-14-7-9-16(10-8-14)21(2,3)20(25)24-28(26,27)18-13-17(22)12-15-6-5-11-23-19(15)18/h5-13H,4H2,1-3H3,(H,24,25).